The number of aryl methyl sites for hydroxylation is 1. The van der Waals surface area contributed by atoms with Crippen LogP contribution in [0.15, 0.2) is 41.7 Å². The van der Waals surface area contributed by atoms with Crippen molar-refractivity contribution in [3.8, 4) is 5.75 Å². The molecule has 1 saturated carbocycles. The van der Waals surface area contributed by atoms with Crippen LogP contribution >= 0.6 is 0 Å². The van der Waals surface area contributed by atoms with E-state index in [4.69, 9.17) is 4.74 Å². The summed E-state index contributed by atoms with van der Waals surface area (Å²) in [6.45, 7) is 4.99. The van der Waals surface area contributed by atoms with Crippen molar-refractivity contribution in [2.24, 2.45) is 18.0 Å². The Morgan fingerprint density at radius 1 is 1.32 bits per heavy atom. The zero-order chi connectivity index (χ0) is 17.5. The highest BCUT2D eigenvalue weighted by atomic mass is 16.5. The maximum atomic E-state index is 5.97. The van der Waals surface area contributed by atoms with Crippen molar-refractivity contribution < 1.29 is 4.74 Å². The van der Waals surface area contributed by atoms with Gasteiger partial charge in [-0.25, -0.2) is 4.99 Å². The molecule has 0 bridgehead atoms. The average Bonchev–Trinajstić information content (AvgIpc) is 3.36. The number of benzene rings is 1. The largest absolute Gasteiger partial charge is 0.493 e. The third-order valence-electron chi connectivity index (χ3n) is 4.11. The summed E-state index contributed by atoms with van der Waals surface area (Å²) in [5, 5.41) is 10.8. The van der Waals surface area contributed by atoms with Gasteiger partial charge in [-0.15, -0.1) is 0 Å². The molecule has 6 nitrogen and oxygen atoms in total. The summed E-state index contributed by atoms with van der Waals surface area (Å²) in [4.78, 5) is 4.63. The zero-order valence-electron chi connectivity index (χ0n) is 15.0. The van der Waals surface area contributed by atoms with E-state index in [-0.39, 0.29) is 0 Å². The fourth-order valence-electron chi connectivity index (χ4n) is 2.53. The lowest BCUT2D eigenvalue weighted by atomic mass is 10.2. The zero-order valence-corrected chi connectivity index (χ0v) is 15.0. The number of nitrogens with one attached hydrogen (secondary N) is 2. The van der Waals surface area contributed by atoms with Crippen molar-refractivity contribution >= 4 is 5.96 Å². The predicted octanol–water partition coefficient (Wildman–Crippen LogP) is 2.46. The molecule has 2 aromatic rings. The van der Waals surface area contributed by atoms with Gasteiger partial charge in [0.25, 0.3) is 0 Å². The number of nitrogens with zero attached hydrogens (tertiary/aromatic N) is 3. The van der Waals surface area contributed by atoms with E-state index in [1.807, 2.05) is 37.6 Å². The number of aliphatic imine (C=N–C) groups is 1. The minimum absolute atomic E-state index is 0.600. The van der Waals surface area contributed by atoms with Gasteiger partial charge in [-0.1, -0.05) is 18.2 Å². The quantitative estimate of drug-likeness (QED) is 0.572. The van der Waals surface area contributed by atoms with E-state index in [0.29, 0.717) is 13.1 Å². The third kappa shape index (κ3) is 5.52. The fourth-order valence-corrected chi connectivity index (χ4v) is 2.53. The Balaban J connectivity index is 1.58. The number of ether oxygens (including phenoxy) is 1. The highest BCUT2D eigenvalue weighted by Gasteiger charge is 2.22. The van der Waals surface area contributed by atoms with Crippen LogP contribution < -0.4 is 15.4 Å². The van der Waals surface area contributed by atoms with E-state index in [1.54, 1.807) is 4.68 Å². The van der Waals surface area contributed by atoms with Crippen molar-refractivity contribution in [2.45, 2.75) is 32.9 Å². The van der Waals surface area contributed by atoms with Gasteiger partial charge < -0.3 is 15.4 Å². The minimum atomic E-state index is 0.600. The second-order valence-electron chi connectivity index (χ2n) is 6.43. The first-order chi connectivity index (χ1) is 12.2. The molecule has 25 heavy (non-hydrogen) atoms. The average molecular weight is 341 g/mol. The number of aromatic nitrogens is 2. The predicted molar refractivity (Wildman–Crippen MR) is 99.5 cm³/mol. The Kier molecular flexibility index (Phi) is 5.93. The minimum Gasteiger partial charge on any atom is -0.493 e. The molecule has 1 heterocycles. The SMILES string of the molecule is CCNC(=NCc1cnn(C)c1)NCc1ccccc1OCC1CC1. The van der Waals surface area contributed by atoms with E-state index < -0.39 is 0 Å². The van der Waals surface area contributed by atoms with Gasteiger partial charge in [0.05, 0.1) is 19.3 Å². The Hall–Kier alpha value is -2.50. The number of hydrogen-bond acceptors (Lipinski definition) is 3. The lowest BCUT2D eigenvalue weighted by Crippen LogP contribution is -2.36. The summed E-state index contributed by atoms with van der Waals surface area (Å²) < 4.78 is 7.76. The van der Waals surface area contributed by atoms with Crippen molar-refractivity contribution in [3.63, 3.8) is 0 Å². The maximum absolute atomic E-state index is 5.97. The second kappa shape index (κ2) is 8.55. The maximum Gasteiger partial charge on any atom is 0.191 e. The molecule has 0 radical (unpaired) electrons. The standard InChI is InChI=1S/C19H27N5O/c1-3-20-19(21-10-16-11-23-24(2)13-16)22-12-17-6-4-5-7-18(17)25-14-15-8-9-15/h4-7,11,13,15H,3,8-10,12,14H2,1-2H3,(H2,20,21,22). The molecule has 0 amide bonds. The third-order valence-corrected chi connectivity index (χ3v) is 4.11. The van der Waals surface area contributed by atoms with Crippen LogP contribution in [0.2, 0.25) is 0 Å². The van der Waals surface area contributed by atoms with Crippen molar-refractivity contribution in [2.75, 3.05) is 13.2 Å². The van der Waals surface area contributed by atoms with Crippen LogP contribution in [0, 0.1) is 5.92 Å². The summed E-state index contributed by atoms with van der Waals surface area (Å²) in [6.07, 6.45) is 6.42. The summed E-state index contributed by atoms with van der Waals surface area (Å²) in [5.41, 5.74) is 2.24. The molecule has 1 aromatic heterocycles. The molecule has 1 fully saturated rings. The van der Waals surface area contributed by atoms with Crippen LogP contribution in [0.1, 0.15) is 30.9 Å². The van der Waals surface area contributed by atoms with Gasteiger partial charge in [-0.05, 0) is 31.7 Å². The summed E-state index contributed by atoms with van der Waals surface area (Å²) in [6, 6.07) is 8.20. The van der Waals surface area contributed by atoms with Gasteiger partial charge in [0.1, 0.15) is 5.75 Å². The molecule has 3 rings (SSSR count). The number of para-hydroxylation sites is 1. The molecule has 1 aliphatic carbocycles. The van der Waals surface area contributed by atoms with E-state index in [0.717, 1.165) is 41.9 Å². The molecule has 1 aliphatic rings. The lowest BCUT2D eigenvalue weighted by molar-refractivity contribution is 0.296. The molecule has 6 heteroatoms. The summed E-state index contributed by atoms with van der Waals surface area (Å²) in [5.74, 6) is 2.51. The smallest absolute Gasteiger partial charge is 0.191 e. The fraction of sp³-hybridized carbons (Fsp3) is 0.474. The van der Waals surface area contributed by atoms with Gasteiger partial charge in [0.2, 0.25) is 0 Å². The first-order valence-electron chi connectivity index (χ1n) is 8.95. The van der Waals surface area contributed by atoms with Crippen LogP contribution in [0.5, 0.6) is 5.75 Å². The lowest BCUT2D eigenvalue weighted by Gasteiger charge is -2.14. The molecular weight excluding hydrogens is 314 g/mol. The van der Waals surface area contributed by atoms with Crippen LogP contribution in [0.3, 0.4) is 0 Å². The Bertz CT molecular complexity index is 705. The molecular formula is C19H27N5O. The normalized spacial score (nSPS) is 14.4. The van der Waals surface area contributed by atoms with E-state index in [2.05, 4.69) is 33.7 Å². The van der Waals surface area contributed by atoms with Gasteiger partial charge in [0, 0.05) is 37.5 Å². The molecule has 1 aromatic carbocycles. The highest BCUT2D eigenvalue weighted by molar-refractivity contribution is 5.79. The van der Waals surface area contributed by atoms with Crippen LogP contribution in [-0.4, -0.2) is 28.9 Å². The molecule has 0 aliphatic heterocycles. The van der Waals surface area contributed by atoms with Gasteiger partial charge in [-0.2, -0.15) is 5.10 Å². The van der Waals surface area contributed by atoms with Gasteiger partial charge in [-0.3, -0.25) is 4.68 Å². The summed E-state index contributed by atoms with van der Waals surface area (Å²) in [7, 11) is 1.91. The van der Waals surface area contributed by atoms with Gasteiger partial charge in [0.15, 0.2) is 5.96 Å². The Morgan fingerprint density at radius 3 is 2.88 bits per heavy atom. The number of guanidine groups is 1. The van der Waals surface area contributed by atoms with Crippen molar-refractivity contribution in [1.82, 2.24) is 20.4 Å². The van der Waals surface area contributed by atoms with Crippen molar-refractivity contribution in [3.05, 3.63) is 47.8 Å². The Morgan fingerprint density at radius 2 is 2.16 bits per heavy atom. The highest BCUT2D eigenvalue weighted by Crippen LogP contribution is 2.30. The van der Waals surface area contributed by atoms with E-state index in [9.17, 15) is 0 Å². The first-order valence-corrected chi connectivity index (χ1v) is 8.95. The Labute approximate surface area is 149 Å². The molecule has 0 unspecified atom stereocenters. The number of rotatable bonds is 8. The second-order valence-corrected chi connectivity index (χ2v) is 6.43. The van der Waals surface area contributed by atoms with Gasteiger partial charge >= 0.3 is 0 Å². The topological polar surface area (TPSA) is 63.5 Å². The van der Waals surface area contributed by atoms with E-state index in [1.165, 1.54) is 12.8 Å². The molecule has 0 spiro atoms. The molecule has 0 saturated heterocycles. The first kappa shape index (κ1) is 17.3. The van der Waals surface area contributed by atoms with Crippen LogP contribution in [0.25, 0.3) is 0 Å². The van der Waals surface area contributed by atoms with E-state index >= 15 is 0 Å². The monoisotopic (exact) mass is 341 g/mol. The van der Waals surface area contributed by atoms with Crippen molar-refractivity contribution in [1.29, 1.82) is 0 Å². The molecule has 134 valence electrons. The number of hydrogen-bond donors (Lipinski definition) is 2. The van der Waals surface area contributed by atoms with Crippen LogP contribution in [-0.2, 0) is 20.1 Å². The van der Waals surface area contributed by atoms with Crippen LogP contribution in [0.4, 0.5) is 0 Å². The molecule has 2 N–H and O–H groups in total. The summed E-state index contributed by atoms with van der Waals surface area (Å²) >= 11 is 0. The molecule has 0 atom stereocenters.